The standard InChI is InChI=1S/C28H31NO5/c1-3-21(28(31)32)17-25(22-13-9-6-10-14-22)34-26-18-23(15-16-24(26)27(30)29-4-2)33-19-20-11-7-5-8-12-20/h5-16,18,21,25H,3-4,17,19H2,1-2H3,(H,29,30)(H,31,32). The van der Waals surface area contributed by atoms with Gasteiger partial charge in [-0.3, -0.25) is 9.59 Å². The number of rotatable bonds is 12. The number of carboxylic acid groups (broad SMARTS) is 1. The number of amides is 1. The quantitative estimate of drug-likeness (QED) is 0.365. The van der Waals surface area contributed by atoms with E-state index in [1.165, 1.54) is 0 Å². The van der Waals surface area contributed by atoms with E-state index >= 15 is 0 Å². The molecule has 6 heteroatoms. The number of hydrogen-bond acceptors (Lipinski definition) is 4. The van der Waals surface area contributed by atoms with Gasteiger partial charge in [-0.15, -0.1) is 0 Å². The third-order valence-electron chi connectivity index (χ3n) is 5.56. The highest BCUT2D eigenvalue weighted by molar-refractivity contribution is 5.97. The Bertz CT molecular complexity index is 1070. The summed E-state index contributed by atoms with van der Waals surface area (Å²) in [5, 5.41) is 12.4. The number of ether oxygens (including phenoxy) is 2. The van der Waals surface area contributed by atoms with Gasteiger partial charge in [0.2, 0.25) is 0 Å². The Kier molecular flexibility index (Phi) is 9.09. The highest BCUT2D eigenvalue weighted by Crippen LogP contribution is 2.33. The second-order valence-electron chi connectivity index (χ2n) is 7.99. The van der Waals surface area contributed by atoms with Crippen molar-refractivity contribution in [1.82, 2.24) is 5.32 Å². The second-order valence-corrected chi connectivity index (χ2v) is 7.99. The van der Waals surface area contributed by atoms with Gasteiger partial charge in [-0.2, -0.15) is 0 Å². The van der Waals surface area contributed by atoms with Crippen molar-refractivity contribution < 1.29 is 24.2 Å². The van der Waals surface area contributed by atoms with Crippen molar-refractivity contribution in [3.8, 4) is 11.5 Å². The van der Waals surface area contributed by atoms with Crippen LogP contribution in [0.4, 0.5) is 0 Å². The molecule has 3 aromatic rings. The average Bonchev–Trinajstić information content (AvgIpc) is 2.86. The van der Waals surface area contributed by atoms with E-state index in [1.807, 2.05) is 74.5 Å². The average molecular weight is 462 g/mol. The van der Waals surface area contributed by atoms with Crippen molar-refractivity contribution in [2.24, 2.45) is 5.92 Å². The maximum Gasteiger partial charge on any atom is 0.306 e. The molecule has 0 aliphatic carbocycles. The van der Waals surface area contributed by atoms with E-state index in [0.29, 0.717) is 36.6 Å². The van der Waals surface area contributed by atoms with Crippen molar-refractivity contribution in [3.63, 3.8) is 0 Å². The maximum absolute atomic E-state index is 12.7. The fourth-order valence-electron chi connectivity index (χ4n) is 3.65. The van der Waals surface area contributed by atoms with Crippen LogP contribution < -0.4 is 14.8 Å². The molecule has 0 radical (unpaired) electrons. The van der Waals surface area contributed by atoms with Gasteiger partial charge in [-0.05, 0) is 36.6 Å². The van der Waals surface area contributed by atoms with Crippen molar-refractivity contribution in [3.05, 3.63) is 95.6 Å². The number of carboxylic acids is 1. The molecule has 2 unspecified atom stereocenters. The number of carbonyl (C=O) groups excluding carboxylic acids is 1. The zero-order valence-electron chi connectivity index (χ0n) is 19.6. The minimum absolute atomic E-state index is 0.260. The van der Waals surface area contributed by atoms with Crippen LogP contribution in [0, 0.1) is 5.92 Å². The molecule has 2 N–H and O–H groups in total. The van der Waals surface area contributed by atoms with Gasteiger partial charge in [0.25, 0.3) is 5.91 Å². The lowest BCUT2D eigenvalue weighted by Crippen LogP contribution is -2.24. The molecule has 1 amide bonds. The lowest BCUT2D eigenvalue weighted by molar-refractivity contribution is -0.142. The lowest BCUT2D eigenvalue weighted by atomic mass is 9.94. The van der Waals surface area contributed by atoms with Crippen LogP contribution in [0.15, 0.2) is 78.9 Å². The van der Waals surface area contributed by atoms with E-state index in [-0.39, 0.29) is 12.3 Å². The Morgan fingerprint density at radius 2 is 1.62 bits per heavy atom. The molecule has 0 saturated heterocycles. The maximum atomic E-state index is 12.7. The molecule has 178 valence electrons. The van der Waals surface area contributed by atoms with Gasteiger partial charge in [0.1, 0.15) is 24.2 Å². The molecule has 0 bridgehead atoms. The van der Waals surface area contributed by atoms with Gasteiger partial charge >= 0.3 is 5.97 Å². The molecule has 0 fully saturated rings. The van der Waals surface area contributed by atoms with Gasteiger partial charge < -0.3 is 19.9 Å². The Morgan fingerprint density at radius 1 is 0.941 bits per heavy atom. The minimum Gasteiger partial charge on any atom is -0.489 e. The number of nitrogens with one attached hydrogen (secondary N) is 1. The molecule has 0 heterocycles. The number of hydrogen-bond donors (Lipinski definition) is 2. The summed E-state index contributed by atoms with van der Waals surface area (Å²) in [7, 11) is 0. The predicted molar refractivity (Wildman–Crippen MR) is 131 cm³/mol. The van der Waals surface area contributed by atoms with E-state index < -0.39 is 18.0 Å². The Morgan fingerprint density at radius 3 is 2.24 bits per heavy atom. The monoisotopic (exact) mass is 461 g/mol. The topological polar surface area (TPSA) is 84.9 Å². The molecule has 3 aromatic carbocycles. The smallest absolute Gasteiger partial charge is 0.306 e. The van der Waals surface area contributed by atoms with Crippen molar-refractivity contribution in [1.29, 1.82) is 0 Å². The van der Waals surface area contributed by atoms with Crippen LogP contribution in [-0.2, 0) is 11.4 Å². The van der Waals surface area contributed by atoms with E-state index in [1.54, 1.807) is 18.2 Å². The fourth-order valence-corrected chi connectivity index (χ4v) is 3.65. The summed E-state index contributed by atoms with van der Waals surface area (Å²) >= 11 is 0. The first kappa shape index (κ1) is 24.8. The highest BCUT2D eigenvalue weighted by atomic mass is 16.5. The molecule has 0 aliphatic rings. The first-order chi connectivity index (χ1) is 16.5. The summed E-state index contributed by atoms with van der Waals surface area (Å²) in [5.41, 5.74) is 2.24. The zero-order chi connectivity index (χ0) is 24.3. The molecular weight excluding hydrogens is 430 g/mol. The summed E-state index contributed by atoms with van der Waals surface area (Å²) < 4.78 is 12.3. The van der Waals surface area contributed by atoms with Crippen LogP contribution in [0.2, 0.25) is 0 Å². The van der Waals surface area contributed by atoms with Gasteiger partial charge in [0.05, 0.1) is 11.5 Å². The third kappa shape index (κ3) is 6.85. The lowest BCUT2D eigenvalue weighted by Gasteiger charge is -2.24. The molecule has 0 spiro atoms. The van der Waals surface area contributed by atoms with Gasteiger partial charge in [0.15, 0.2) is 0 Å². The van der Waals surface area contributed by atoms with Gasteiger partial charge in [0, 0.05) is 19.0 Å². The molecule has 34 heavy (non-hydrogen) atoms. The van der Waals surface area contributed by atoms with Gasteiger partial charge in [-0.1, -0.05) is 67.6 Å². The van der Waals surface area contributed by atoms with Crippen LogP contribution >= 0.6 is 0 Å². The summed E-state index contributed by atoms with van der Waals surface area (Å²) in [6.45, 7) is 4.55. The number of carbonyl (C=O) groups is 2. The zero-order valence-corrected chi connectivity index (χ0v) is 19.6. The normalized spacial score (nSPS) is 12.4. The van der Waals surface area contributed by atoms with Crippen LogP contribution in [0.25, 0.3) is 0 Å². The summed E-state index contributed by atoms with van der Waals surface area (Å²) in [5.74, 6) is -0.787. The van der Waals surface area contributed by atoms with Crippen LogP contribution in [0.3, 0.4) is 0 Å². The predicted octanol–water partition coefficient (Wildman–Crippen LogP) is 5.64. The summed E-state index contributed by atoms with van der Waals surface area (Å²) in [6, 6.07) is 24.4. The summed E-state index contributed by atoms with van der Waals surface area (Å²) in [6.07, 6.45) is 0.213. The first-order valence-corrected chi connectivity index (χ1v) is 11.5. The molecule has 3 rings (SSSR count). The Labute approximate surface area is 200 Å². The minimum atomic E-state index is -0.865. The molecule has 2 atom stereocenters. The van der Waals surface area contributed by atoms with Crippen molar-refractivity contribution >= 4 is 11.9 Å². The van der Waals surface area contributed by atoms with Gasteiger partial charge in [-0.25, -0.2) is 0 Å². The Hall–Kier alpha value is -3.80. The Balaban J connectivity index is 1.92. The van der Waals surface area contributed by atoms with E-state index in [9.17, 15) is 14.7 Å². The molecule has 0 aromatic heterocycles. The van der Waals surface area contributed by atoms with E-state index in [0.717, 1.165) is 11.1 Å². The highest BCUT2D eigenvalue weighted by Gasteiger charge is 2.25. The van der Waals surface area contributed by atoms with E-state index in [2.05, 4.69) is 5.32 Å². The first-order valence-electron chi connectivity index (χ1n) is 11.5. The second kappa shape index (κ2) is 12.4. The van der Waals surface area contributed by atoms with Crippen molar-refractivity contribution in [2.75, 3.05) is 6.54 Å². The molecular formula is C28H31NO5. The summed E-state index contributed by atoms with van der Waals surface area (Å²) in [4.78, 5) is 24.5. The largest absolute Gasteiger partial charge is 0.489 e. The fraction of sp³-hybridized carbons (Fsp3) is 0.286. The number of aliphatic carboxylic acids is 1. The van der Waals surface area contributed by atoms with Crippen LogP contribution in [0.1, 0.15) is 54.3 Å². The molecule has 6 nitrogen and oxygen atoms in total. The molecule has 0 saturated carbocycles. The van der Waals surface area contributed by atoms with Crippen LogP contribution in [0.5, 0.6) is 11.5 Å². The van der Waals surface area contributed by atoms with E-state index in [4.69, 9.17) is 9.47 Å². The SMILES string of the molecule is CCNC(=O)c1ccc(OCc2ccccc2)cc1OC(CC(CC)C(=O)O)c1ccccc1. The molecule has 0 aliphatic heterocycles. The van der Waals surface area contributed by atoms with Crippen molar-refractivity contribution in [2.45, 2.75) is 39.4 Å². The third-order valence-corrected chi connectivity index (χ3v) is 5.56. The van der Waals surface area contributed by atoms with Crippen LogP contribution in [-0.4, -0.2) is 23.5 Å². The number of benzene rings is 3.